The lowest BCUT2D eigenvalue weighted by Gasteiger charge is -2.53. The summed E-state index contributed by atoms with van der Waals surface area (Å²) in [7, 11) is 4.18. The lowest BCUT2D eigenvalue weighted by atomic mass is 9.51. The highest BCUT2D eigenvalue weighted by Gasteiger charge is 2.62. The third-order valence-corrected chi connectivity index (χ3v) is 9.24. The first-order valence-electron chi connectivity index (χ1n) is 13.1. The summed E-state index contributed by atoms with van der Waals surface area (Å²) in [6, 6.07) is 8.94. The predicted octanol–water partition coefficient (Wildman–Crippen LogP) is 6.04. The van der Waals surface area contributed by atoms with Gasteiger partial charge in [-0.2, -0.15) is 0 Å². The SMILES string of the molecule is CC(C)C#C[C@]1(O)CC[C@H]2[C@@H]3CCC4=CC(=O)CCC4=C3[C@@H](c3cccc(N(C)C)c3)C[C@@]21C. The van der Waals surface area contributed by atoms with Crippen LogP contribution in [-0.4, -0.2) is 30.6 Å². The molecule has 0 unspecified atom stereocenters. The molecule has 180 valence electrons. The fourth-order valence-electron chi connectivity index (χ4n) is 7.45. The molecule has 1 aromatic carbocycles. The second kappa shape index (κ2) is 8.42. The Hall–Kier alpha value is -2.31. The minimum atomic E-state index is -0.936. The average molecular weight is 458 g/mol. The van der Waals surface area contributed by atoms with Crippen LogP contribution in [0.2, 0.25) is 0 Å². The van der Waals surface area contributed by atoms with E-state index >= 15 is 0 Å². The van der Waals surface area contributed by atoms with Crippen molar-refractivity contribution in [3.8, 4) is 11.8 Å². The van der Waals surface area contributed by atoms with Crippen LogP contribution < -0.4 is 4.90 Å². The summed E-state index contributed by atoms with van der Waals surface area (Å²) >= 11 is 0. The Morgan fingerprint density at radius 2 is 1.94 bits per heavy atom. The number of ketones is 1. The van der Waals surface area contributed by atoms with E-state index in [-0.39, 0.29) is 23.0 Å². The van der Waals surface area contributed by atoms with E-state index in [2.05, 4.69) is 75.9 Å². The highest BCUT2D eigenvalue weighted by Crippen LogP contribution is 2.66. The lowest BCUT2D eigenvalue weighted by Crippen LogP contribution is -2.51. The third kappa shape index (κ3) is 3.66. The van der Waals surface area contributed by atoms with Gasteiger partial charge in [0.25, 0.3) is 0 Å². The van der Waals surface area contributed by atoms with Gasteiger partial charge in [0.1, 0.15) is 5.60 Å². The fourth-order valence-corrected chi connectivity index (χ4v) is 7.45. The van der Waals surface area contributed by atoms with Crippen LogP contribution in [-0.2, 0) is 4.79 Å². The molecule has 5 rings (SSSR count). The summed E-state index contributed by atoms with van der Waals surface area (Å²) in [5, 5.41) is 12.0. The maximum Gasteiger partial charge on any atom is 0.156 e. The summed E-state index contributed by atoms with van der Waals surface area (Å²) in [5.74, 6) is 8.39. The molecular weight excluding hydrogens is 418 g/mol. The second-order valence-electron chi connectivity index (χ2n) is 11.8. The quantitative estimate of drug-likeness (QED) is 0.550. The van der Waals surface area contributed by atoms with Crippen molar-refractivity contribution in [1.29, 1.82) is 0 Å². The van der Waals surface area contributed by atoms with E-state index in [9.17, 15) is 9.90 Å². The topological polar surface area (TPSA) is 40.5 Å². The van der Waals surface area contributed by atoms with Crippen LogP contribution in [0, 0.1) is 35.0 Å². The van der Waals surface area contributed by atoms with Gasteiger partial charge in [-0.1, -0.05) is 50.3 Å². The zero-order chi connectivity index (χ0) is 24.3. The number of carbonyl (C=O) groups excluding carboxylic acids is 1. The number of benzene rings is 1. The van der Waals surface area contributed by atoms with Crippen LogP contribution in [0.4, 0.5) is 5.69 Å². The number of anilines is 1. The van der Waals surface area contributed by atoms with Gasteiger partial charge in [-0.25, -0.2) is 0 Å². The molecule has 3 nitrogen and oxygen atoms in total. The van der Waals surface area contributed by atoms with Gasteiger partial charge in [0.05, 0.1) is 0 Å². The Balaban J connectivity index is 1.68. The zero-order valence-electron chi connectivity index (χ0n) is 21.4. The van der Waals surface area contributed by atoms with Crippen molar-refractivity contribution in [3.63, 3.8) is 0 Å². The molecule has 0 spiro atoms. The van der Waals surface area contributed by atoms with E-state index in [1.165, 1.54) is 22.4 Å². The van der Waals surface area contributed by atoms with Crippen LogP contribution in [0.15, 0.2) is 47.1 Å². The number of aliphatic hydroxyl groups is 1. The molecular formula is C31H39NO2. The second-order valence-corrected chi connectivity index (χ2v) is 11.8. The summed E-state index contributed by atoms with van der Waals surface area (Å²) in [6.07, 6.45) is 8.21. The van der Waals surface area contributed by atoms with E-state index in [1.54, 1.807) is 5.57 Å². The molecule has 0 aromatic heterocycles. The highest BCUT2D eigenvalue weighted by atomic mass is 16.3. The number of fused-ring (bicyclic) bond motifs is 4. The van der Waals surface area contributed by atoms with Crippen molar-refractivity contribution in [2.75, 3.05) is 19.0 Å². The molecule has 2 saturated carbocycles. The normalized spacial score (nSPS) is 34.6. The van der Waals surface area contributed by atoms with E-state index < -0.39 is 5.60 Å². The summed E-state index contributed by atoms with van der Waals surface area (Å²) in [5.41, 5.74) is 5.68. The van der Waals surface area contributed by atoms with Crippen LogP contribution in [0.25, 0.3) is 0 Å². The van der Waals surface area contributed by atoms with Gasteiger partial charge in [-0.3, -0.25) is 4.79 Å². The number of rotatable bonds is 2. The van der Waals surface area contributed by atoms with Crippen molar-refractivity contribution in [2.45, 2.75) is 77.2 Å². The van der Waals surface area contributed by atoms with Crippen molar-refractivity contribution in [1.82, 2.24) is 0 Å². The van der Waals surface area contributed by atoms with Gasteiger partial charge < -0.3 is 10.0 Å². The van der Waals surface area contributed by atoms with Gasteiger partial charge >= 0.3 is 0 Å². The fraction of sp³-hybridized carbons (Fsp3) is 0.581. The van der Waals surface area contributed by atoms with Gasteiger partial charge in [0, 0.05) is 43.5 Å². The van der Waals surface area contributed by atoms with E-state index in [4.69, 9.17) is 0 Å². The standard InChI is InChI=1S/C31H39NO2/c1-20(2)13-15-31(34)16-14-28-26-11-9-22-18-24(33)10-12-25(22)29(26)27(19-30(28,31)3)21-7-6-8-23(17-21)32(4)5/h6-8,17-18,20,26-28,34H,9-12,14,16,19H2,1-5H3/t26-,27+,28-,30-,31-/m0/s1. The molecule has 2 fully saturated rings. The summed E-state index contributed by atoms with van der Waals surface area (Å²) in [4.78, 5) is 14.4. The van der Waals surface area contributed by atoms with Crippen molar-refractivity contribution in [3.05, 3.63) is 52.6 Å². The molecule has 34 heavy (non-hydrogen) atoms. The van der Waals surface area contributed by atoms with Gasteiger partial charge in [0.2, 0.25) is 0 Å². The monoisotopic (exact) mass is 457 g/mol. The van der Waals surface area contributed by atoms with Crippen molar-refractivity contribution >= 4 is 11.5 Å². The number of hydrogen-bond acceptors (Lipinski definition) is 3. The summed E-state index contributed by atoms with van der Waals surface area (Å²) in [6.45, 7) is 6.52. The molecule has 5 atom stereocenters. The molecule has 1 aromatic rings. The highest BCUT2D eigenvalue weighted by molar-refractivity contribution is 5.93. The first-order valence-corrected chi connectivity index (χ1v) is 13.1. The Morgan fingerprint density at radius 3 is 2.68 bits per heavy atom. The third-order valence-electron chi connectivity index (χ3n) is 9.24. The van der Waals surface area contributed by atoms with Crippen LogP contribution in [0.5, 0.6) is 0 Å². The molecule has 1 N–H and O–H groups in total. The Morgan fingerprint density at radius 1 is 1.15 bits per heavy atom. The minimum absolute atomic E-state index is 0.242. The predicted molar refractivity (Wildman–Crippen MR) is 139 cm³/mol. The Labute approximate surface area is 205 Å². The van der Waals surface area contributed by atoms with Gasteiger partial charge in [-0.15, -0.1) is 0 Å². The Bertz CT molecular complexity index is 1130. The lowest BCUT2D eigenvalue weighted by molar-refractivity contribution is -0.114. The maximum absolute atomic E-state index is 12.2. The van der Waals surface area contributed by atoms with Gasteiger partial charge in [0.15, 0.2) is 5.78 Å². The first kappa shape index (κ1) is 23.4. The number of nitrogens with zero attached hydrogens (tertiary/aromatic N) is 1. The number of carbonyl (C=O) groups is 1. The van der Waals surface area contributed by atoms with Gasteiger partial charge in [-0.05, 0) is 85.3 Å². The molecule has 0 saturated heterocycles. The smallest absolute Gasteiger partial charge is 0.156 e. The molecule has 4 aliphatic carbocycles. The van der Waals surface area contributed by atoms with Crippen molar-refractivity contribution < 1.29 is 9.90 Å². The maximum atomic E-state index is 12.2. The average Bonchev–Trinajstić information content (AvgIpc) is 3.07. The van der Waals surface area contributed by atoms with Crippen LogP contribution in [0.1, 0.15) is 77.2 Å². The zero-order valence-corrected chi connectivity index (χ0v) is 21.4. The van der Waals surface area contributed by atoms with E-state index in [1.807, 2.05) is 6.08 Å². The number of hydrogen-bond donors (Lipinski definition) is 1. The molecule has 0 amide bonds. The first-order chi connectivity index (χ1) is 16.1. The Kier molecular flexibility index (Phi) is 5.80. The van der Waals surface area contributed by atoms with Crippen LogP contribution in [0.3, 0.4) is 0 Å². The summed E-state index contributed by atoms with van der Waals surface area (Å²) < 4.78 is 0. The number of allylic oxidation sites excluding steroid dienone is 4. The molecule has 0 bridgehead atoms. The largest absolute Gasteiger partial charge is 0.378 e. The molecule has 0 radical (unpaired) electrons. The van der Waals surface area contributed by atoms with E-state index in [0.717, 1.165) is 38.5 Å². The molecule has 4 aliphatic rings. The minimum Gasteiger partial charge on any atom is -0.378 e. The molecule has 0 aliphatic heterocycles. The van der Waals surface area contributed by atoms with Crippen LogP contribution >= 0.6 is 0 Å². The van der Waals surface area contributed by atoms with Crippen molar-refractivity contribution in [2.24, 2.45) is 23.2 Å². The molecule has 3 heteroatoms. The van der Waals surface area contributed by atoms with E-state index in [0.29, 0.717) is 18.3 Å². The molecule has 0 heterocycles.